The Bertz CT molecular complexity index is 489. The smallest absolute Gasteiger partial charge is 0.231 e. The van der Waals surface area contributed by atoms with Crippen LogP contribution in [0.1, 0.15) is 56.9 Å². The highest BCUT2D eigenvalue weighted by Crippen LogP contribution is 2.33. The van der Waals surface area contributed by atoms with Crippen LogP contribution in [-0.2, 0) is 11.2 Å². The van der Waals surface area contributed by atoms with E-state index in [4.69, 9.17) is 9.47 Å². The van der Waals surface area contributed by atoms with Crippen molar-refractivity contribution < 1.29 is 14.3 Å². The molecule has 1 saturated carbocycles. The average Bonchev–Trinajstić information content (AvgIpc) is 3.00. The second-order valence-corrected chi connectivity index (χ2v) is 6.20. The minimum atomic E-state index is 0.328. The summed E-state index contributed by atoms with van der Waals surface area (Å²) in [5, 5.41) is 0. The molecule has 0 amide bonds. The van der Waals surface area contributed by atoms with E-state index >= 15 is 0 Å². The van der Waals surface area contributed by atoms with Gasteiger partial charge in [-0.1, -0.05) is 25.3 Å². The maximum absolute atomic E-state index is 12.1. The van der Waals surface area contributed by atoms with E-state index in [0.717, 1.165) is 50.0 Å². The van der Waals surface area contributed by atoms with E-state index in [1.807, 2.05) is 6.07 Å². The fourth-order valence-corrected chi connectivity index (χ4v) is 3.35. The number of unbranched alkanes of at least 4 members (excludes halogenated alkanes) is 1. The van der Waals surface area contributed by atoms with Crippen LogP contribution in [0.5, 0.6) is 11.5 Å². The fraction of sp³-hybridized carbons (Fsp3) is 0.611. The van der Waals surface area contributed by atoms with E-state index in [1.165, 1.54) is 24.8 Å². The number of aryl methyl sites for hydroxylation is 1. The molecule has 0 radical (unpaired) electrons. The van der Waals surface area contributed by atoms with Crippen LogP contribution in [-0.4, -0.2) is 12.6 Å². The van der Waals surface area contributed by atoms with Gasteiger partial charge in [-0.2, -0.15) is 0 Å². The highest BCUT2D eigenvalue weighted by Gasteiger charge is 2.20. The maximum Gasteiger partial charge on any atom is 0.231 e. The minimum Gasteiger partial charge on any atom is -0.454 e. The van der Waals surface area contributed by atoms with Gasteiger partial charge in [0.1, 0.15) is 5.78 Å². The lowest BCUT2D eigenvalue weighted by molar-refractivity contribution is -0.123. The Balaban J connectivity index is 1.39. The van der Waals surface area contributed by atoms with Crippen LogP contribution in [0.15, 0.2) is 18.2 Å². The Morgan fingerprint density at radius 1 is 1.05 bits per heavy atom. The molecule has 2 aliphatic rings. The molecule has 3 rings (SSSR count). The number of carbonyl (C=O) groups is 1. The Kier molecular flexibility index (Phi) is 4.79. The molecule has 1 heterocycles. The molecule has 0 spiro atoms. The number of hydrogen-bond donors (Lipinski definition) is 0. The van der Waals surface area contributed by atoms with Gasteiger partial charge >= 0.3 is 0 Å². The highest BCUT2D eigenvalue weighted by atomic mass is 16.7. The molecule has 114 valence electrons. The monoisotopic (exact) mass is 288 g/mol. The Labute approximate surface area is 126 Å². The molecule has 3 nitrogen and oxygen atoms in total. The van der Waals surface area contributed by atoms with E-state index in [9.17, 15) is 4.79 Å². The first kappa shape index (κ1) is 14.4. The van der Waals surface area contributed by atoms with Crippen molar-refractivity contribution in [2.75, 3.05) is 6.79 Å². The zero-order valence-electron chi connectivity index (χ0n) is 12.6. The van der Waals surface area contributed by atoms with Gasteiger partial charge in [-0.15, -0.1) is 0 Å². The zero-order chi connectivity index (χ0) is 14.5. The average molecular weight is 288 g/mol. The second-order valence-electron chi connectivity index (χ2n) is 6.20. The third-order valence-corrected chi connectivity index (χ3v) is 4.64. The van der Waals surface area contributed by atoms with Crippen LogP contribution < -0.4 is 9.47 Å². The van der Waals surface area contributed by atoms with Crippen molar-refractivity contribution in [3.8, 4) is 11.5 Å². The number of ketones is 1. The van der Waals surface area contributed by atoms with Crippen LogP contribution >= 0.6 is 0 Å². The molecule has 21 heavy (non-hydrogen) atoms. The largest absolute Gasteiger partial charge is 0.454 e. The zero-order valence-corrected chi connectivity index (χ0v) is 12.6. The van der Waals surface area contributed by atoms with Gasteiger partial charge in [0.05, 0.1) is 0 Å². The Hall–Kier alpha value is -1.51. The first-order valence-corrected chi connectivity index (χ1v) is 8.24. The lowest BCUT2D eigenvalue weighted by Crippen LogP contribution is -2.17. The SMILES string of the molecule is O=C(CCCCc1ccc2c(c1)OCO2)C1CCCCC1. The lowest BCUT2D eigenvalue weighted by Gasteiger charge is -2.20. The van der Waals surface area contributed by atoms with Gasteiger partial charge in [-0.05, 0) is 49.8 Å². The molecule has 1 aromatic rings. The summed E-state index contributed by atoms with van der Waals surface area (Å²) in [6, 6.07) is 6.13. The quantitative estimate of drug-likeness (QED) is 0.733. The first-order chi connectivity index (χ1) is 10.3. The van der Waals surface area contributed by atoms with Gasteiger partial charge in [0.2, 0.25) is 6.79 Å². The molecule has 0 aromatic heterocycles. The maximum atomic E-state index is 12.1. The second kappa shape index (κ2) is 6.97. The molecule has 1 fully saturated rings. The van der Waals surface area contributed by atoms with E-state index in [1.54, 1.807) is 0 Å². The number of hydrogen-bond acceptors (Lipinski definition) is 3. The third-order valence-electron chi connectivity index (χ3n) is 4.64. The van der Waals surface area contributed by atoms with Gasteiger partial charge in [-0.25, -0.2) is 0 Å². The van der Waals surface area contributed by atoms with Crippen molar-refractivity contribution in [3.05, 3.63) is 23.8 Å². The molecule has 0 N–H and O–H groups in total. The van der Waals surface area contributed by atoms with Crippen molar-refractivity contribution in [2.24, 2.45) is 5.92 Å². The van der Waals surface area contributed by atoms with Gasteiger partial charge < -0.3 is 9.47 Å². The van der Waals surface area contributed by atoms with Gasteiger partial charge in [0.15, 0.2) is 11.5 Å². The molecule has 0 bridgehead atoms. The minimum absolute atomic E-state index is 0.328. The van der Waals surface area contributed by atoms with Crippen LogP contribution in [0.3, 0.4) is 0 Å². The Morgan fingerprint density at radius 2 is 1.86 bits per heavy atom. The van der Waals surface area contributed by atoms with Crippen molar-refractivity contribution >= 4 is 5.78 Å². The summed E-state index contributed by atoms with van der Waals surface area (Å²) in [7, 11) is 0. The Morgan fingerprint density at radius 3 is 2.71 bits per heavy atom. The number of Topliss-reactive ketones (excluding diaryl/α,β-unsaturated/α-hetero) is 1. The molecule has 1 aromatic carbocycles. The lowest BCUT2D eigenvalue weighted by atomic mass is 9.84. The van der Waals surface area contributed by atoms with Crippen LogP contribution in [0.25, 0.3) is 0 Å². The first-order valence-electron chi connectivity index (χ1n) is 8.24. The number of fused-ring (bicyclic) bond motifs is 1. The van der Waals surface area contributed by atoms with Crippen LogP contribution in [0, 0.1) is 5.92 Å². The molecule has 0 atom stereocenters. The standard InChI is InChI=1S/C18H24O3/c19-16(15-7-2-1-3-8-15)9-5-4-6-14-10-11-17-18(12-14)21-13-20-17/h10-12,15H,1-9,13H2. The highest BCUT2D eigenvalue weighted by molar-refractivity contribution is 5.80. The number of ether oxygens (including phenoxy) is 2. The molecule has 0 saturated heterocycles. The van der Waals surface area contributed by atoms with Gasteiger partial charge in [-0.3, -0.25) is 4.79 Å². The number of rotatable bonds is 6. The van der Waals surface area contributed by atoms with E-state index in [-0.39, 0.29) is 0 Å². The summed E-state index contributed by atoms with van der Waals surface area (Å²) >= 11 is 0. The molecule has 3 heteroatoms. The summed E-state index contributed by atoms with van der Waals surface area (Å²) in [5.74, 6) is 2.56. The molecule has 1 aliphatic heterocycles. The van der Waals surface area contributed by atoms with E-state index < -0.39 is 0 Å². The summed E-state index contributed by atoms with van der Waals surface area (Å²) < 4.78 is 10.7. The molecule has 0 unspecified atom stereocenters. The molecule has 1 aliphatic carbocycles. The van der Waals surface area contributed by atoms with Crippen molar-refractivity contribution in [3.63, 3.8) is 0 Å². The van der Waals surface area contributed by atoms with Crippen molar-refractivity contribution in [1.82, 2.24) is 0 Å². The molecular weight excluding hydrogens is 264 g/mol. The van der Waals surface area contributed by atoms with E-state index in [0.29, 0.717) is 18.5 Å². The predicted octanol–water partition coefficient (Wildman–Crippen LogP) is 4.28. The number of benzene rings is 1. The summed E-state index contributed by atoms with van der Waals surface area (Å²) in [6.07, 6.45) is 9.89. The van der Waals surface area contributed by atoms with E-state index in [2.05, 4.69) is 12.1 Å². The van der Waals surface area contributed by atoms with Crippen molar-refractivity contribution in [1.29, 1.82) is 0 Å². The predicted molar refractivity (Wildman–Crippen MR) is 81.7 cm³/mol. The normalized spacial score (nSPS) is 17.9. The summed E-state index contributed by atoms with van der Waals surface area (Å²) in [4.78, 5) is 12.1. The summed E-state index contributed by atoms with van der Waals surface area (Å²) in [5.41, 5.74) is 1.27. The van der Waals surface area contributed by atoms with Gasteiger partial charge in [0, 0.05) is 12.3 Å². The topological polar surface area (TPSA) is 35.5 Å². The fourth-order valence-electron chi connectivity index (χ4n) is 3.35. The van der Waals surface area contributed by atoms with Gasteiger partial charge in [0.25, 0.3) is 0 Å². The summed E-state index contributed by atoms with van der Waals surface area (Å²) in [6.45, 7) is 0.328. The van der Waals surface area contributed by atoms with Crippen LogP contribution in [0.2, 0.25) is 0 Å². The van der Waals surface area contributed by atoms with Crippen LogP contribution in [0.4, 0.5) is 0 Å². The van der Waals surface area contributed by atoms with Crippen molar-refractivity contribution in [2.45, 2.75) is 57.8 Å². The number of carbonyl (C=O) groups excluding carboxylic acids is 1. The molecular formula is C18H24O3. The third kappa shape index (κ3) is 3.78.